The van der Waals surface area contributed by atoms with Crippen molar-refractivity contribution < 1.29 is 18.3 Å². The molecule has 0 fully saturated rings. The smallest absolute Gasteiger partial charge is 0.384 e. The third-order valence-electron chi connectivity index (χ3n) is 3.74. The molecule has 0 spiro atoms. The summed E-state index contributed by atoms with van der Waals surface area (Å²) in [5.74, 6) is 0. The fourth-order valence-corrected chi connectivity index (χ4v) is 2.66. The molecule has 1 unspecified atom stereocenters. The Labute approximate surface area is 152 Å². The molecule has 3 aromatic rings. The molecule has 1 heterocycles. The van der Waals surface area contributed by atoms with E-state index in [9.17, 15) is 18.3 Å². The molecule has 0 aliphatic carbocycles. The molecule has 4 nitrogen and oxygen atoms in total. The normalized spacial score (nSPS) is 13.7. The molecule has 1 N–H and O–H groups in total. The van der Waals surface area contributed by atoms with Gasteiger partial charge in [0.2, 0.25) is 0 Å². The molecule has 0 aliphatic heterocycles. The minimum absolute atomic E-state index is 0.226. The van der Waals surface area contributed by atoms with E-state index in [-0.39, 0.29) is 11.1 Å². The number of nitrogens with zero attached hydrogens (tertiary/aromatic N) is 3. The lowest BCUT2D eigenvalue weighted by Crippen LogP contribution is -2.13. The highest BCUT2D eigenvalue weighted by Gasteiger charge is 2.35. The molecule has 8 heteroatoms. The van der Waals surface area contributed by atoms with Crippen LogP contribution in [0.5, 0.6) is 0 Å². The maximum atomic E-state index is 13.3. The SMILES string of the molecule is OC(/C(=C/n1cncn1)c1ccc(Cl)cc1)c1ccccc1C(F)(F)F. The summed E-state index contributed by atoms with van der Waals surface area (Å²) in [6.07, 6.45) is -2.04. The van der Waals surface area contributed by atoms with E-state index in [1.54, 1.807) is 24.3 Å². The van der Waals surface area contributed by atoms with Crippen LogP contribution < -0.4 is 0 Å². The average molecular weight is 380 g/mol. The summed E-state index contributed by atoms with van der Waals surface area (Å²) in [5, 5.41) is 15.2. The van der Waals surface area contributed by atoms with Gasteiger partial charge >= 0.3 is 6.18 Å². The van der Waals surface area contributed by atoms with Gasteiger partial charge < -0.3 is 5.11 Å². The predicted octanol–water partition coefficient (Wildman–Crippen LogP) is 4.68. The zero-order valence-corrected chi connectivity index (χ0v) is 14.0. The topological polar surface area (TPSA) is 50.9 Å². The molecule has 0 aliphatic rings. The summed E-state index contributed by atoms with van der Waals surface area (Å²) in [4.78, 5) is 3.80. The first-order valence-corrected chi connectivity index (χ1v) is 7.90. The van der Waals surface area contributed by atoms with Crippen LogP contribution in [0.15, 0.2) is 61.2 Å². The Morgan fingerprint density at radius 3 is 2.42 bits per heavy atom. The predicted molar refractivity (Wildman–Crippen MR) is 92.0 cm³/mol. The van der Waals surface area contributed by atoms with E-state index in [1.165, 1.54) is 41.7 Å². The Hall–Kier alpha value is -2.64. The van der Waals surface area contributed by atoms with Crippen LogP contribution in [0.25, 0.3) is 11.8 Å². The summed E-state index contributed by atoms with van der Waals surface area (Å²) in [6.45, 7) is 0. The molecule has 2 aromatic carbocycles. The van der Waals surface area contributed by atoms with Crippen molar-refractivity contribution in [1.29, 1.82) is 0 Å². The maximum Gasteiger partial charge on any atom is 0.416 e. The average Bonchev–Trinajstić information content (AvgIpc) is 3.12. The van der Waals surface area contributed by atoms with Crippen LogP contribution in [0.1, 0.15) is 22.8 Å². The van der Waals surface area contributed by atoms with Crippen molar-refractivity contribution in [3.05, 3.63) is 82.9 Å². The van der Waals surface area contributed by atoms with Gasteiger partial charge in [0.15, 0.2) is 0 Å². The summed E-state index contributed by atoms with van der Waals surface area (Å²) in [6, 6.07) is 11.3. The Morgan fingerprint density at radius 2 is 1.81 bits per heavy atom. The van der Waals surface area contributed by atoms with Crippen molar-refractivity contribution in [1.82, 2.24) is 14.8 Å². The van der Waals surface area contributed by atoms with Gasteiger partial charge in [-0.25, -0.2) is 9.67 Å². The van der Waals surface area contributed by atoms with Gasteiger partial charge in [0.05, 0.1) is 5.56 Å². The number of aliphatic hydroxyl groups excluding tert-OH is 1. The van der Waals surface area contributed by atoms with E-state index in [4.69, 9.17) is 11.6 Å². The van der Waals surface area contributed by atoms with Crippen molar-refractivity contribution in [2.45, 2.75) is 12.3 Å². The summed E-state index contributed by atoms with van der Waals surface area (Å²) >= 11 is 5.88. The summed E-state index contributed by atoms with van der Waals surface area (Å²) in [5.41, 5.74) is -0.412. The van der Waals surface area contributed by atoms with Crippen molar-refractivity contribution >= 4 is 23.4 Å². The number of aromatic nitrogens is 3. The number of rotatable bonds is 4. The number of hydrogen-bond donors (Lipinski definition) is 1. The van der Waals surface area contributed by atoms with Crippen LogP contribution in [0.3, 0.4) is 0 Å². The Bertz CT molecular complexity index is 906. The van der Waals surface area contributed by atoms with E-state index in [0.717, 1.165) is 6.07 Å². The molecular formula is C18H13ClF3N3O. The minimum Gasteiger partial charge on any atom is -0.384 e. The fraction of sp³-hybridized carbons (Fsp3) is 0.111. The molecule has 0 saturated heterocycles. The Balaban J connectivity index is 2.13. The second-order valence-electron chi connectivity index (χ2n) is 5.45. The van der Waals surface area contributed by atoms with Crippen LogP contribution in [0.4, 0.5) is 13.2 Å². The van der Waals surface area contributed by atoms with Crippen molar-refractivity contribution in [2.24, 2.45) is 0 Å². The molecule has 0 radical (unpaired) electrons. The van der Waals surface area contributed by atoms with Gasteiger partial charge in [-0.2, -0.15) is 18.3 Å². The quantitative estimate of drug-likeness (QED) is 0.716. The van der Waals surface area contributed by atoms with E-state index < -0.39 is 17.8 Å². The van der Waals surface area contributed by atoms with E-state index in [0.29, 0.717) is 10.6 Å². The fourth-order valence-electron chi connectivity index (χ4n) is 2.53. The third kappa shape index (κ3) is 3.95. The van der Waals surface area contributed by atoms with Crippen molar-refractivity contribution in [3.8, 4) is 0 Å². The molecular weight excluding hydrogens is 367 g/mol. The van der Waals surface area contributed by atoms with Gasteiger partial charge in [-0.15, -0.1) is 0 Å². The molecule has 0 saturated carbocycles. The number of aliphatic hydroxyl groups is 1. The monoisotopic (exact) mass is 379 g/mol. The molecule has 1 atom stereocenters. The van der Waals surface area contributed by atoms with Gasteiger partial charge in [-0.3, -0.25) is 0 Å². The highest BCUT2D eigenvalue weighted by atomic mass is 35.5. The van der Waals surface area contributed by atoms with E-state index in [1.807, 2.05) is 0 Å². The van der Waals surface area contributed by atoms with Crippen molar-refractivity contribution in [2.75, 3.05) is 0 Å². The zero-order chi connectivity index (χ0) is 18.7. The number of halogens is 4. The highest BCUT2D eigenvalue weighted by molar-refractivity contribution is 6.30. The van der Waals surface area contributed by atoms with Crippen LogP contribution in [-0.2, 0) is 6.18 Å². The van der Waals surface area contributed by atoms with Crippen LogP contribution >= 0.6 is 11.6 Å². The van der Waals surface area contributed by atoms with E-state index >= 15 is 0 Å². The summed E-state index contributed by atoms with van der Waals surface area (Å²) < 4.78 is 41.3. The third-order valence-corrected chi connectivity index (χ3v) is 3.99. The second-order valence-corrected chi connectivity index (χ2v) is 5.89. The lowest BCUT2D eigenvalue weighted by atomic mass is 9.92. The molecule has 26 heavy (non-hydrogen) atoms. The largest absolute Gasteiger partial charge is 0.416 e. The van der Waals surface area contributed by atoms with Gasteiger partial charge in [-0.05, 0) is 29.3 Å². The lowest BCUT2D eigenvalue weighted by Gasteiger charge is -2.20. The second kappa shape index (κ2) is 7.31. The van der Waals surface area contributed by atoms with Crippen LogP contribution in [-0.4, -0.2) is 19.9 Å². The van der Waals surface area contributed by atoms with Crippen LogP contribution in [0, 0.1) is 0 Å². The Morgan fingerprint density at radius 1 is 1.12 bits per heavy atom. The van der Waals surface area contributed by atoms with Crippen molar-refractivity contribution in [3.63, 3.8) is 0 Å². The molecule has 0 amide bonds. The number of benzene rings is 2. The first kappa shape index (κ1) is 18.2. The molecule has 0 bridgehead atoms. The Kier molecular flexibility index (Phi) is 5.11. The number of alkyl halides is 3. The van der Waals surface area contributed by atoms with Gasteiger partial charge in [0.25, 0.3) is 0 Å². The maximum absolute atomic E-state index is 13.3. The lowest BCUT2D eigenvalue weighted by molar-refractivity contribution is -0.138. The van der Waals surface area contributed by atoms with Gasteiger partial charge in [0.1, 0.15) is 18.8 Å². The standard InChI is InChI=1S/C18H13ClF3N3O/c19-13-7-5-12(6-8-13)15(9-25-11-23-10-24-25)17(26)14-3-1-2-4-16(14)18(20,21)22/h1-11,17,26H/b15-9+. The summed E-state index contributed by atoms with van der Waals surface area (Å²) in [7, 11) is 0. The first-order valence-electron chi connectivity index (χ1n) is 7.52. The van der Waals surface area contributed by atoms with Gasteiger partial charge in [0, 0.05) is 16.8 Å². The minimum atomic E-state index is -4.59. The first-order chi connectivity index (χ1) is 12.4. The zero-order valence-electron chi connectivity index (χ0n) is 13.2. The highest BCUT2D eigenvalue weighted by Crippen LogP contribution is 2.39. The number of hydrogen-bond acceptors (Lipinski definition) is 3. The van der Waals surface area contributed by atoms with Crippen LogP contribution in [0.2, 0.25) is 5.02 Å². The molecule has 1 aromatic heterocycles. The molecule has 3 rings (SSSR count). The van der Waals surface area contributed by atoms with Gasteiger partial charge in [-0.1, -0.05) is 41.9 Å². The van der Waals surface area contributed by atoms with E-state index in [2.05, 4.69) is 10.1 Å². The molecule has 134 valence electrons.